The molecule has 0 spiro atoms. The van der Waals surface area contributed by atoms with Gasteiger partial charge in [0.05, 0.1) is 6.10 Å². The van der Waals surface area contributed by atoms with Crippen LogP contribution in [0.5, 0.6) is 0 Å². The molecule has 1 N–H and O–H groups in total. The number of nitrogens with one attached hydrogen (secondary N) is 1. The molecule has 0 bridgehead atoms. The van der Waals surface area contributed by atoms with Crippen LogP contribution in [0.15, 0.2) is 29.9 Å². The van der Waals surface area contributed by atoms with Gasteiger partial charge in [-0.15, -0.1) is 11.3 Å². The predicted molar refractivity (Wildman–Crippen MR) is 106 cm³/mol. The largest absolute Gasteiger partial charge is 0.368 e. The van der Waals surface area contributed by atoms with Gasteiger partial charge in [-0.3, -0.25) is 19.4 Å². The Morgan fingerprint density at radius 2 is 2.31 bits per heavy atom. The summed E-state index contributed by atoms with van der Waals surface area (Å²) in [6.07, 6.45) is 5.01. The highest BCUT2D eigenvalue weighted by molar-refractivity contribution is 7.13. The number of amides is 2. The maximum absolute atomic E-state index is 13.1. The summed E-state index contributed by atoms with van der Waals surface area (Å²) in [5.41, 5.74) is 1.10. The molecular formula is C20H22N4O4S. The molecule has 3 atom stereocenters. The van der Waals surface area contributed by atoms with Crippen molar-refractivity contribution in [2.45, 2.75) is 44.4 Å². The summed E-state index contributed by atoms with van der Waals surface area (Å²) in [5.74, 6) is -0.690. The quantitative estimate of drug-likeness (QED) is 0.772. The highest BCUT2D eigenvalue weighted by atomic mass is 32.1. The summed E-state index contributed by atoms with van der Waals surface area (Å²) in [6, 6.07) is 2.48. The number of ketones is 1. The van der Waals surface area contributed by atoms with E-state index in [1.807, 2.05) is 19.1 Å². The van der Waals surface area contributed by atoms with Crippen molar-refractivity contribution in [1.82, 2.24) is 20.2 Å². The number of likely N-dealkylation sites (tertiary alicyclic amines) is 1. The third-order valence-corrected chi connectivity index (χ3v) is 6.11. The molecule has 3 unspecified atom stereocenters. The summed E-state index contributed by atoms with van der Waals surface area (Å²) in [5, 5.41) is 5.18. The van der Waals surface area contributed by atoms with E-state index in [0.717, 1.165) is 12.0 Å². The Labute approximate surface area is 172 Å². The fraction of sp³-hybridized carbons (Fsp3) is 0.450. The number of hydrogen-bond acceptors (Lipinski definition) is 7. The smallest absolute Gasteiger partial charge is 0.271 e. The van der Waals surface area contributed by atoms with Gasteiger partial charge in [0.1, 0.15) is 29.4 Å². The van der Waals surface area contributed by atoms with Gasteiger partial charge in [-0.1, -0.05) is 13.3 Å². The average molecular weight is 414 g/mol. The van der Waals surface area contributed by atoms with E-state index in [2.05, 4.69) is 15.3 Å². The summed E-state index contributed by atoms with van der Waals surface area (Å²) >= 11 is 1.35. The maximum atomic E-state index is 13.1. The third-order valence-electron chi connectivity index (χ3n) is 5.22. The van der Waals surface area contributed by atoms with E-state index < -0.39 is 18.0 Å². The van der Waals surface area contributed by atoms with E-state index in [1.165, 1.54) is 11.3 Å². The van der Waals surface area contributed by atoms with Crippen molar-refractivity contribution in [3.05, 3.63) is 35.6 Å². The molecule has 2 amide bonds. The SMILES string of the molecule is CCCC(NC(=O)c1csc(-c2cccnc2)n1)C(=O)N1CCC2OCC(=O)C21. The van der Waals surface area contributed by atoms with Gasteiger partial charge in [-0.25, -0.2) is 4.98 Å². The van der Waals surface area contributed by atoms with Gasteiger partial charge in [0.15, 0.2) is 5.78 Å². The highest BCUT2D eigenvalue weighted by Crippen LogP contribution is 2.28. The van der Waals surface area contributed by atoms with Crippen LogP contribution < -0.4 is 5.32 Å². The number of rotatable bonds is 6. The first kappa shape index (κ1) is 19.7. The van der Waals surface area contributed by atoms with E-state index in [9.17, 15) is 14.4 Å². The summed E-state index contributed by atoms with van der Waals surface area (Å²) in [6.45, 7) is 2.48. The molecule has 4 rings (SSSR count). The molecular weight excluding hydrogens is 392 g/mol. The summed E-state index contributed by atoms with van der Waals surface area (Å²) in [4.78, 5) is 48.0. The number of carbonyl (C=O) groups is 3. The Hall–Kier alpha value is -2.65. The first-order valence-electron chi connectivity index (χ1n) is 9.70. The lowest BCUT2D eigenvalue weighted by Gasteiger charge is -2.27. The number of thiazole rings is 1. The standard InChI is InChI=1S/C20H22N4O4S/c1-2-4-13(20(27)24-8-6-16-17(24)15(25)10-28-16)22-18(26)14-11-29-19(23-14)12-5-3-7-21-9-12/h3,5,7,9,11,13,16-17H,2,4,6,8,10H2,1H3,(H,22,26). The molecule has 8 nitrogen and oxygen atoms in total. The lowest BCUT2D eigenvalue weighted by molar-refractivity contribution is -0.138. The number of carbonyl (C=O) groups excluding carboxylic acids is 3. The van der Waals surface area contributed by atoms with E-state index >= 15 is 0 Å². The molecule has 2 aliphatic rings. The van der Waals surface area contributed by atoms with Gasteiger partial charge in [0, 0.05) is 29.9 Å². The van der Waals surface area contributed by atoms with Gasteiger partial charge in [-0.05, 0) is 25.0 Å². The monoisotopic (exact) mass is 414 g/mol. The van der Waals surface area contributed by atoms with Crippen LogP contribution in [0.3, 0.4) is 0 Å². The fourth-order valence-electron chi connectivity index (χ4n) is 3.82. The van der Waals surface area contributed by atoms with E-state index in [0.29, 0.717) is 24.4 Å². The third kappa shape index (κ3) is 3.92. The fourth-order valence-corrected chi connectivity index (χ4v) is 4.61. The first-order valence-corrected chi connectivity index (χ1v) is 10.6. The minimum Gasteiger partial charge on any atom is -0.368 e. The Bertz CT molecular complexity index is 916. The Balaban J connectivity index is 1.47. The normalized spacial score (nSPS) is 21.8. The van der Waals surface area contributed by atoms with Gasteiger partial charge in [0.25, 0.3) is 5.91 Å². The molecule has 0 saturated carbocycles. The van der Waals surface area contributed by atoms with Gasteiger partial charge in [-0.2, -0.15) is 0 Å². The van der Waals surface area contributed by atoms with Crippen LogP contribution in [-0.4, -0.2) is 63.8 Å². The van der Waals surface area contributed by atoms with Crippen molar-refractivity contribution in [2.24, 2.45) is 0 Å². The van der Waals surface area contributed by atoms with E-state index in [1.54, 1.807) is 22.7 Å². The van der Waals surface area contributed by atoms with Gasteiger partial charge in [0.2, 0.25) is 5.91 Å². The first-order chi connectivity index (χ1) is 14.1. The molecule has 0 aliphatic carbocycles. The highest BCUT2D eigenvalue weighted by Gasteiger charge is 2.47. The summed E-state index contributed by atoms with van der Waals surface area (Å²) in [7, 11) is 0. The van der Waals surface area contributed by atoms with E-state index in [4.69, 9.17) is 4.74 Å². The minimum atomic E-state index is -0.691. The predicted octanol–water partition coefficient (Wildman–Crippen LogP) is 1.67. The number of fused-ring (bicyclic) bond motifs is 1. The molecule has 2 aliphatic heterocycles. The topological polar surface area (TPSA) is 101 Å². The molecule has 152 valence electrons. The maximum Gasteiger partial charge on any atom is 0.271 e. The van der Waals surface area contributed by atoms with Gasteiger partial charge < -0.3 is 15.0 Å². The number of Topliss-reactive ketones (excluding diaryl/α,β-unsaturated/α-hetero) is 1. The van der Waals surface area contributed by atoms with Crippen LogP contribution in [0, 0.1) is 0 Å². The Kier molecular flexibility index (Phi) is 5.68. The molecule has 0 aromatic carbocycles. The lowest BCUT2D eigenvalue weighted by Crippen LogP contribution is -2.52. The van der Waals surface area contributed by atoms with Crippen molar-refractivity contribution in [1.29, 1.82) is 0 Å². The molecule has 29 heavy (non-hydrogen) atoms. The molecule has 9 heteroatoms. The van der Waals surface area contributed by atoms with Crippen molar-refractivity contribution >= 4 is 28.9 Å². The van der Waals surface area contributed by atoms with Gasteiger partial charge >= 0.3 is 0 Å². The van der Waals surface area contributed by atoms with Crippen LogP contribution in [0.25, 0.3) is 10.6 Å². The van der Waals surface area contributed by atoms with Crippen LogP contribution in [0.1, 0.15) is 36.7 Å². The van der Waals surface area contributed by atoms with Crippen LogP contribution >= 0.6 is 11.3 Å². The molecule has 0 radical (unpaired) electrons. The van der Waals surface area contributed by atoms with Crippen LogP contribution in [0.4, 0.5) is 0 Å². The van der Waals surface area contributed by atoms with Crippen molar-refractivity contribution in [2.75, 3.05) is 13.2 Å². The second kappa shape index (κ2) is 8.38. The number of hydrogen-bond donors (Lipinski definition) is 1. The lowest BCUT2D eigenvalue weighted by atomic mass is 10.1. The molecule has 2 aromatic heterocycles. The van der Waals surface area contributed by atoms with Crippen molar-refractivity contribution in [3.8, 4) is 10.6 Å². The number of pyridine rings is 1. The van der Waals surface area contributed by atoms with E-state index in [-0.39, 0.29) is 30.1 Å². The number of aromatic nitrogens is 2. The van der Waals surface area contributed by atoms with Crippen LogP contribution in [-0.2, 0) is 14.3 Å². The minimum absolute atomic E-state index is 0.0554. The van der Waals surface area contributed by atoms with Crippen molar-refractivity contribution in [3.63, 3.8) is 0 Å². The zero-order valence-corrected chi connectivity index (χ0v) is 16.9. The molecule has 2 saturated heterocycles. The molecule has 4 heterocycles. The zero-order chi connectivity index (χ0) is 20.4. The average Bonchev–Trinajstić information content (AvgIpc) is 3.46. The number of nitrogens with zero attached hydrogens (tertiary/aromatic N) is 3. The Morgan fingerprint density at radius 1 is 1.45 bits per heavy atom. The molecule has 2 fully saturated rings. The number of ether oxygens (including phenoxy) is 1. The summed E-state index contributed by atoms with van der Waals surface area (Å²) < 4.78 is 5.46. The zero-order valence-electron chi connectivity index (χ0n) is 16.0. The second-order valence-corrected chi connectivity index (χ2v) is 8.03. The second-order valence-electron chi connectivity index (χ2n) is 7.18. The molecule has 2 aromatic rings. The van der Waals surface area contributed by atoms with Crippen molar-refractivity contribution < 1.29 is 19.1 Å². The van der Waals surface area contributed by atoms with Crippen LogP contribution in [0.2, 0.25) is 0 Å². The Morgan fingerprint density at radius 3 is 3.07 bits per heavy atom.